The highest BCUT2D eigenvalue weighted by atomic mass is 16.5. The van der Waals surface area contributed by atoms with Crippen LogP contribution >= 0.6 is 0 Å². The van der Waals surface area contributed by atoms with E-state index >= 15 is 0 Å². The Morgan fingerprint density at radius 1 is 1.50 bits per heavy atom. The van der Waals surface area contributed by atoms with Crippen molar-refractivity contribution in [3.63, 3.8) is 0 Å². The summed E-state index contributed by atoms with van der Waals surface area (Å²) >= 11 is 0. The fourth-order valence-electron chi connectivity index (χ4n) is 3.00. The third-order valence-electron chi connectivity index (χ3n) is 3.91. The van der Waals surface area contributed by atoms with Crippen LogP contribution in [0.1, 0.15) is 32.6 Å². The standard InChI is InChI=1S/C12H22N2O2/c1-2-16-12(15)5-6-14-8-9-3-4-10(14)7-11(9)13/h9-11H,2-8,13H2,1H3. The number of nitrogens with zero attached hydrogens (tertiary/aromatic N) is 1. The first kappa shape index (κ1) is 11.9. The Labute approximate surface area is 97.1 Å². The zero-order valence-electron chi connectivity index (χ0n) is 10.0. The molecule has 2 saturated heterocycles. The maximum atomic E-state index is 11.3. The summed E-state index contributed by atoms with van der Waals surface area (Å²) in [7, 11) is 0. The van der Waals surface area contributed by atoms with Gasteiger partial charge in [0.05, 0.1) is 13.0 Å². The van der Waals surface area contributed by atoms with Crippen LogP contribution in [0.15, 0.2) is 0 Å². The van der Waals surface area contributed by atoms with Gasteiger partial charge in [-0.2, -0.15) is 0 Å². The molecule has 92 valence electrons. The number of piperidine rings is 2. The van der Waals surface area contributed by atoms with Gasteiger partial charge in [-0.25, -0.2) is 0 Å². The summed E-state index contributed by atoms with van der Waals surface area (Å²) in [6, 6.07) is 0.993. The first-order valence-electron chi connectivity index (χ1n) is 6.36. The van der Waals surface area contributed by atoms with Crippen molar-refractivity contribution in [2.45, 2.75) is 44.7 Å². The highest BCUT2D eigenvalue weighted by molar-refractivity contribution is 5.69. The Bertz CT molecular complexity index is 257. The van der Waals surface area contributed by atoms with Crippen LogP contribution < -0.4 is 5.73 Å². The van der Waals surface area contributed by atoms with Gasteiger partial charge < -0.3 is 10.5 Å². The minimum absolute atomic E-state index is 0.0757. The van der Waals surface area contributed by atoms with Gasteiger partial charge in [-0.05, 0) is 32.1 Å². The molecule has 3 rings (SSSR count). The summed E-state index contributed by atoms with van der Waals surface area (Å²) in [5.41, 5.74) is 6.07. The van der Waals surface area contributed by atoms with Gasteiger partial charge in [0.2, 0.25) is 0 Å². The zero-order valence-corrected chi connectivity index (χ0v) is 10.0. The Morgan fingerprint density at radius 2 is 2.31 bits per heavy atom. The van der Waals surface area contributed by atoms with E-state index in [9.17, 15) is 4.79 Å². The summed E-state index contributed by atoms with van der Waals surface area (Å²) in [4.78, 5) is 13.7. The third-order valence-corrected chi connectivity index (χ3v) is 3.91. The Hall–Kier alpha value is -0.610. The molecule has 16 heavy (non-hydrogen) atoms. The van der Waals surface area contributed by atoms with Crippen LogP contribution in [-0.2, 0) is 9.53 Å². The SMILES string of the molecule is CCOC(=O)CCN1CC2CCC1CC2N. The van der Waals surface area contributed by atoms with Gasteiger partial charge in [0.1, 0.15) is 0 Å². The second-order valence-corrected chi connectivity index (χ2v) is 4.94. The molecule has 3 unspecified atom stereocenters. The normalized spacial score (nSPS) is 34.0. The second kappa shape index (κ2) is 5.15. The van der Waals surface area contributed by atoms with E-state index in [0.29, 0.717) is 31.0 Å². The van der Waals surface area contributed by atoms with E-state index < -0.39 is 0 Å². The maximum absolute atomic E-state index is 11.3. The Morgan fingerprint density at radius 3 is 2.88 bits per heavy atom. The molecule has 1 saturated carbocycles. The monoisotopic (exact) mass is 226 g/mol. The number of fused-ring (bicyclic) bond motifs is 3. The van der Waals surface area contributed by atoms with Crippen molar-refractivity contribution in [3.8, 4) is 0 Å². The molecule has 3 atom stereocenters. The van der Waals surface area contributed by atoms with Crippen LogP contribution in [0.3, 0.4) is 0 Å². The minimum Gasteiger partial charge on any atom is -0.466 e. The van der Waals surface area contributed by atoms with Crippen LogP contribution in [0.4, 0.5) is 0 Å². The van der Waals surface area contributed by atoms with E-state index in [2.05, 4.69) is 4.90 Å². The predicted octanol–water partition coefficient (Wildman–Crippen LogP) is 0.751. The van der Waals surface area contributed by atoms with E-state index in [1.165, 1.54) is 12.8 Å². The number of nitrogens with two attached hydrogens (primary N) is 1. The van der Waals surface area contributed by atoms with Gasteiger partial charge in [0.25, 0.3) is 0 Å². The number of hydrogen-bond donors (Lipinski definition) is 1. The molecule has 2 heterocycles. The van der Waals surface area contributed by atoms with Crippen LogP contribution in [0.2, 0.25) is 0 Å². The number of carbonyl (C=O) groups excluding carboxylic acids is 1. The fourth-order valence-corrected chi connectivity index (χ4v) is 3.00. The zero-order chi connectivity index (χ0) is 11.5. The molecule has 0 aromatic carbocycles. The van der Waals surface area contributed by atoms with Crippen molar-refractivity contribution in [3.05, 3.63) is 0 Å². The average molecular weight is 226 g/mol. The lowest BCUT2D eigenvalue weighted by atomic mass is 9.76. The lowest BCUT2D eigenvalue weighted by Crippen LogP contribution is -2.56. The van der Waals surface area contributed by atoms with Gasteiger partial charge in [-0.15, -0.1) is 0 Å². The topological polar surface area (TPSA) is 55.6 Å². The van der Waals surface area contributed by atoms with Gasteiger partial charge in [0.15, 0.2) is 0 Å². The summed E-state index contributed by atoms with van der Waals surface area (Å²) in [5, 5.41) is 0. The number of carbonyl (C=O) groups is 1. The molecule has 0 radical (unpaired) electrons. The predicted molar refractivity (Wildman–Crippen MR) is 61.9 cm³/mol. The molecule has 3 aliphatic rings. The first-order valence-corrected chi connectivity index (χ1v) is 6.36. The van der Waals surface area contributed by atoms with Gasteiger partial charge >= 0.3 is 5.97 Å². The summed E-state index contributed by atoms with van der Waals surface area (Å²) in [6.07, 6.45) is 4.14. The van der Waals surface area contributed by atoms with Crippen LogP contribution in [0.25, 0.3) is 0 Å². The van der Waals surface area contributed by atoms with E-state index in [-0.39, 0.29) is 5.97 Å². The molecule has 0 aromatic heterocycles. The summed E-state index contributed by atoms with van der Waals surface area (Å²) in [5.74, 6) is 0.570. The molecular weight excluding hydrogens is 204 g/mol. The number of esters is 1. The number of hydrogen-bond acceptors (Lipinski definition) is 4. The molecule has 3 fully saturated rings. The van der Waals surface area contributed by atoms with Crippen molar-refractivity contribution in [2.75, 3.05) is 19.7 Å². The molecule has 4 nitrogen and oxygen atoms in total. The average Bonchev–Trinajstić information content (AvgIpc) is 2.28. The number of ether oxygens (including phenoxy) is 1. The van der Waals surface area contributed by atoms with Crippen molar-refractivity contribution >= 4 is 5.97 Å². The molecule has 0 amide bonds. The van der Waals surface area contributed by atoms with E-state index in [0.717, 1.165) is 19.5 Å². The first-order chi connectivity index (χ1) is 7.70. The minimum atomic E-state index is -0.0757. The molecule has 2 bridgehead atoms. The smallest absolute Gasteiger partial charge is 0.307 e. The molecule has 2 aliphatic heterocycles. The summed E-state index contributed by atoms with van der Waals surface area (Å²) < 4.78 is 4.94. The lowest BCUT2D eigenvalue weighted by molar-refractivity contribution is -0.143. The van der Waals surface area contributed by atoms with Crippen LogP contribution in [0, 0.1) is 5.92 Å². The fraction of sp³-hybridized carbons (Fsp3) is 0.917. The number of rotatable bonds is 4. The van der Waals surface area contributed by atoms with Crippen molar-refractivity contribution in [1.29, 1.82) is 0 Å². The molecular formula is C12H22N2O2. The molecule has 1 aliphatic carbocycles. The van der Waals surface area contributed by atoms with Gasteiger partial charge in [0, 0.05) is 25.2 Å². The van der Waals surface area contributed by atoms with Gasteiger partial charge in [-0.1, -0.05) is 0 Å². The van der Waals surface area contributed by atoms with Crippen LogP contribution in [0.5, 0.6) is 0 Å². The molecule has 0 spiro atoms. The largest absolute Gasteiger partial charge is 0.466 e. The van der Waals surface area contributed by atoms with E-state index in [4.69, 9.17) is 10.5 Å². The summed E-state index contributed by atoms with van der Waals surface area (Å²) in [6.45, 7) is 4.24. The quantitative estimate of drug-likeness (QED) is 0.719. The van der Waals surface area contributed by atoms with Crippen molar-refractivity contribution in [1.82, 2.24) is 4.90 Å². The highest BCUT2D eigenvalue weighted by Gasteiger charge is 2.38. The molecule has 0 aromatic rings. The van der Waals surface area contributed by atoms with Crippen LogP contribution in [-0.4, -0.2) is 42.6 Å². The third kappa shape index (κ3) is 2.55. The lowest BCUT2D eigenvalue weighted by Gasteiger charge is -2.48. The van der Waals surface area contributed by atoms with Gasteiger partial charge in [-0.3, -0.25) is 9.69 Å². The Kier molecular flexibility index (Phi) is 3.82. The highest BCUT2D eigenvalue weighted by Crippen LogP contribution is 2.34. The Balaban J connectivity index is 1.77. The molecule has 4 heteroatoms. The van der Waals surface area contributed by atoms with E-state index in [1.54, 1.807) is 0 Å². The van der Waals surface area contributed by atoms with Crippen molar-refractivity contribution in [2.24, 2.45) is 11.7 Å². The molecule has 2 N–H and O–H groups in total. The second-order valence-electron chi connectivity index (χ2n) is 4.94. The van der Waals surface area contributed by atoms with Crippen molar-refractivity contribution < 1.29 is 9.53 Å². The maximum Gasteiger partial charge on any atom is 0.307 e. The van der Waals surface area contributed by atoms with E-state index in [1.807, 2.05) is 6.92 Å².